The minimum Gasteiger partial charge on any atom is -0.316 e. The molecule has 0 aliphatic rings. The lowest BCUT2D eigenvalue weighted by Gasteiger charge is -2.21. The van der Waals surface area contributed by atoms with Gasteiger partial charge >= 0.3 is 0 Å². The minimum absolute atomic E-state index is 0.278. The molecule has 20 heavy (non-hydrogen) atoms. The van der Waals surface area contributed by atoms with Crippen LogP contribution in [0.4, 0.5) is 0 Å². The van der Waals surface area contributed by atoms with Crippen molar-refractivity contribution in [2.45, 2.75) is 32.2 Å². The van der Waals surface area contributed by atoms with E-state index in [1.54, 1.807) is 4.52 Å². The van der Waals surface area contributed by atoms with Gasteiger partial charge in [-0.2, -0.15) is 9.61 Å². The van der Waals surface area contributed by atoms with Gasteiger partial charge < -0.3 is 5.73 Å². The monoisotopic (exact) mass is 287 g/mol. The van der Waals surface area contributed by atoms with Gasteiger partial charge in [-0.3, -0.25) is 0 Å². The van der Waals surface area contributed by atoms with Gasteiger partial charge in [0.25, 0.3) is 0 Å². The van der Waals surface area contributed by atoms with Crippen LogP contribution < -0.4 is 5.73 Å². The third-order valence-corrected chi connectivity index (χ3v) is 4.49. The SMILES string of the molecule is CC(C)c1nnc2sc(C(C)(N)c3ccccc3)nn12. The van der Waals surface area contributed by atoms with E-state index in [9.17, 15) is 0 Å². The molecule has 0 amide bonds. The first-order valence-electron chi connectivity index (χ1n) is 6.57. The maximum Gasteiger partial charge on any atom is 0.234 e. The standard InChI is InChI=1S/C14H17N5S/c1-9(2)11-16-17-13-19(11)18-12(20-13)14(3,15)10-7-5-4-6-8-10/h4-9H,15H2,1-3H3. The second kappa shape index (κ2) is 4.64. The summed E-state index contributed by atoms with van der Waals surface area (Å²) in [5, 5.41) is 13.8. The number of fused-ring (bicyclic) bond motifs is 1. The smallest absolute Gasteiger partial charge is 0.234 e. The van der Waals surface area contributed by atoms with Crippen molar-refractivity contribution in [3.05, 3.63) is 46.7 Å². The van der Waals surface area contributed by atoms with Crippen LogP contribution in [0.25, 0.3) is 4.96 Å². The van der Waals surface area contributed by atoms with E-state index in [2.05, 4.69) is 29.1 Å². The Morgan fingerprint density at radius 3 is 2.55 bits per heavy atom. The molecule has 0 aliphatic carbocycles. The zero-order valence-electron chi connectivity index (χ0n) is 11.7. The van der Waals surface area contributed by atoms with Crippen LogP contribution >= 0.6 is 11.3 Å². The average molecular weight is 287 g/mol. The van der Waals surface area contributed by atoms with E-state index in [4.69, 9.17) is 5.73 Å². The number of benzene rings is 1. The van der Waals surface area contributed by atoms with Crippen molar-refractivity contribution in [2.75, 3.05) is 0 Å². The van der Waals surface area contributed by atoms with Crippen LogP contribution in [0, 0.1) is 0 Å². The van der Waals surface area contributed by atoms with Crippen molar-refractivity contribution < 1.29 is 0 Å². The minimum atomic E-state index is -0.624. The Labute approximate surface area is 121 Å². The van der Waals surface area contributed by atoms with E-state index in [1.165, 1.54) is 11.3 Å². The summed E-state index contributed by atoms with van der Waals surface area (Å²) < 4.78 is 1.80. The second-order valence-electron chi connectivity index (χ2n) is 5.38. The molecule has 3 rings (SSSR count). The molecule has 1 unspecified atom stereocenters. The lowest BCUT2D eigenvalue weighted by molar-refractivity contribution is 0.580. The Balaban J connectivity index is 2.10. The van der Waals surface area contributed by atoms with Gasteiger partial charge in [0.05, 0.1) is 5.54 Å². The van der Waals surface area contributed by atoms with Crippen molar-refractivity contribution in [2.24, 2.45) is 5.73 Å². The van der Waals surface area contributed by atoms with E-state index >= 15 is 0 Å². The maximum atomic E-state index is 6.49. The highest BCUT2D eigenvalue weighted by Gasteiger charge is 2.29. The summed E-state index contributed by atoms with van der Waals surface area (Å²) in [5.74, 6) is 1.15. The van der Waals surface area contributed by atoms with E-state index in [-0.39, 0.29) is 5.92 Å². The quantitative estimate of drug-likeness (QED) is 0.803. The van der Waals surface area contributed by atoms with Crippen LogP contribution in [-0.2, 0) is 5.54 Å². The highest BCUT2D eigenvalue weighted by atomic mass is 32.1. The van der Waals surface area contributed by atoms with Gasteiger partial charge in [0.2, 0.25) is 4.96 Å². The van der Waals surface area contributed by atoms with Gasteiger partial charge in [0.15, 0.2) is 5.82 Å². The van der Waals surface area contributed by atoms with Crippen molar-refractivity contribution in [3.63, 3.8) is 0 Å². The topological polar surface area (TPSA) is 69.1 Å². The van der Waals surface area contributed by atoms with E-state index in [1.807, 2.05) is 37.3 Å². The first kappa shape index (κ1) is 13.2. The molecule has 2 aromatic heterocycles. The van der Waals surface area contributed by atoms with Gasteiger partial charge in [-0.1, -0.05) is 55.5 Å². The van der Waals surface area contributed by atoms with Crippen LogP contribution in [0.15, 0.2) is 30.3 Å². The Bertz CT molecular complexity index is 726. The average Bonchev–Trinajstić information content (AvgIpc) is 2.99. The molecule has 1 atom stereocenters. The fraction of sp³-hybridized carbons (Fsp3) is 0.357. The van der Waals surface area contributed by atoms with Gasteiger partial charge in [-0.05, 0) is 12.5 Å². The van der Waals surface area contributed by atoms with Crippen molar-refractivity contribution in [1.29, 1.82) is 0 Å². The highest BCUT2D eigenvalue weighted by Crippen LogP contribution is 2.30. The van der Waals surface area contributed by atoms with Crippen LogP contribution in [0.1, 0.15) is 43.1 Å². The summed E-state index contributed by atoms with van der Waals surface area (Å²) in [5.41, 5.74) is 6.91. The summed E-state index contributed by atoms with van der Waals surface area (Å²) >= 11 is 1.49. The van der Waals surface area contributed by atoms with E-state index in [0.717, 1.165) is 21.4 Å². The molecule has 0 aliphatic heterocycles. The Hall–Kier alpha value is -1.79. The Kier molecular flexibility index (Phi) is 3.07. The Morgan fingerprint density at radius 2 is 1.90 bits per heavy atom. The highest BCUT2D eigenvalue weighted by molar-refractivity contribution is 7.16. The molecule has 104 valence electrons. The first-order chi connectivity index (χ1) is 9.50. The molecule has 6 heteroatoms. The summed E-state index contributed by atoms with van der Waals surface area (Å²) in [6, 6.07) is 9.99. The molecule has 0 saturated heterocycles. The van der Waals surface area contributed by atoms with Gasteiger partial charge in [-0.15, -0.1) is 10.2 Å². The number of nitrogens with two attached hydrogens (primary N) is 1. The van der Waals surface area contributed by atoms with E-state index in [0.29, 0.717) is 0 Å². The summed E-state index contributed by atoms with van der Waals surface area (Å²) in [7, 11) is 0. The second-order valence-corrected chi connectivity index (χ2v) is 6.34. The van der Waals surface area contributed by atoms with Gasteiger partial charge in [0.1, 0.15) is 5.01 Å². The predicted molar refractivity (Wildman–Crippen MR) is 79.8 cm³/mol. The third-order valence-electron chi connectivity index (χ3n) is 3.35. The molecule has 5 nitrogen and oxygen atoms in total. The normalized spacial score (nSPS) is 14.8. The molecule has 0 fully saturated rings. The van der Waals surface area contributed by atoms with Crippen LogP contribution in [-0.4, -0.2) is 19.8 Å². The molecule has 2 N–H and O–H groups in total. The number of rotatable bonds is 3. The zero-order valence-corrected chi connectivity index (χ0v) is 12.6. The third kappa shape index (κ3) is 2.01. The Morgan fingerprint density at radius 1 is 1.20 bits per heavy atom. The fourth-order valence-corrected chi connectivity index (χ4v) is 3.04. The van der Waals surface area contributed by atoms with Crippen molar-refractivity contribution in [1.82, 2.24) is 19.8 Å². The lowest BCUT2D eigenvalue weighted by Crippen LogP contribution is -2.34. The van der Waals surface area contributed by atoms with Crippen LogP contribution in [0.3, 0.4) is 0 Å². The number of aromatic nitrogens is 4. The maximum absolute atomic E-state index is 6.49. The summed E-state index contributed by atoms with van der Waals surface area (Å²) in [4.78, 5) is 0.788. The molecule has 1 aromatic carbocycles. The lowest BCUT2D eigenvalue weighted by atomic mass is 9.94. The zero-order chi connectivity index (χ0) is 14.3. The number of hydrogen-bond donors (Lipinski definition) is 1. The van der Waals surface area contributed by atoms with Gasteiger partial charge in [-0.25, -0.2) is 0 Å². The van der Waals surface area contributed by atoms with Gasteiger partial charge in [0, 0.05) is 5.92 Å². The molecule has 0 radical (unpaired) electrons. The molecule has 3 aromatic rings. The van der Waals surface area contributed by atoms with Crippen LogP contribution in [0.2, 0.25) is 0 Å². The molecular weight excluding hydrogens is 270 g/mol. The molecule has 0 spiro atoms. The van der Waals surface area contributed by atoms with E-state index < -0.39 is 5.54 Å². The van der Waals surface area contributed by atoms with Crippen molar-refractivity contribution in [3.8, 4) is 0 Å². The number of nitrogens with zero attached hydrogens (tertiary/aromatic N) is 4. The number of hydrogen-bond acceptors (Lipinski definition) is 5. The largest absolute Gasteiger partial charge is 0.316 e. The first-order valence-corrected chi connectivity index (χ1v) is 7.39. The summed E-state index contributed by atoms with van der Waals surface area (Å²) in [6.45, 7) is 6.13. The molecule has 2 heterocycles. The molecule has 0 bridgehead atoms. The summed E-state index contributed by atoms with van der Waals surface area (Å²) in [6.07, 6.45) is 0. The predicted octanol–water partition coefficient (Wildman–Crippen LogP) is 2.53. The van der Waals surface area contributed by atoms with Crippen molar-refractivity contribution >= 4 is 16.3 Å². The molecule has 0 saturated carbocycles. The van der Waals surface area contributed by atoms with Crippen LogP contribution in [0.5, 0.6) is 0 Å². The fourth-order valence-electron chi connectivity index (χ4n) is 2.11. The molecular formula is C14H17N5S.